The lowest BCUT2D eigenvalue weighted by atomic mass is 10.1. The molecule has 30 heavy (non-hydrogen) atoms. The Labute approximate surface area is 176 Å². The molecule has 0 spiro atoms. The maximum atomic E-state index is 13.2. The van der Waals surface area contributed by atoms with Crippen LogP contribution < -0.4 is 10.9 Å². The maximum Gasteiger partial charge on any atom is 0.267 e. The summed E-state index contributed by atoms with van der Waals surface area (Å²) >= 11 is 0. The summed E-state index contributed by atoms with van der Waals surface area (Å²) < 4.78 is 1.61. The number of aryl methyl sites for hydroxylation is 1. The number of nitrogens with one attached hydrogen (secondary N) is 1. The third-order valence-corrected chi connectivity index (χ3v) is 5.30. The van der Waals surface area contributed by atoms with Crippen molar-refractivity contribution in [3.05, 3.63) is 64.7 Å². The molecule has 2 N–H and O–H groups in total. The Morgan fingerprint density at radius 2 is 1.67 bits per heavy atom. The number of aromatic nitrogens is 2. The largest absolute Gasteiger partial charge is 0.506 e. The number of anilines is 1. The summed E-state index contributed by atoms with van der Waals surface area (Å²) in [6.07, 6.45) is 11.1. The van der Waals surface area contributed by atoms with E-state index in [1.807, 2.05) is 12.1 Å². The molecule has 158 valence electrons. The molecule has 0 saturated carbocycles. The van der Waals surface area contributed by atoms with E-state index in [4.69, 9.17) is 0 Å². The molecular formula is C24H29N3O3. The number of pyridine rings is 2. The lowest BCUT2D eigenvalue weighted by Crippen LogP contribution is -2.30. The fourth-order valence-electron chi connectivity index (χ4n) is 3.67. The van der Waals surface area contributed by atoms with E-state index >= 15 is 0 Å². The zero-order valence-corrected chi connectivity index (χ0v) is 17.4. The first-order chi connectivity index (χ1) is 14.6. The van der Waals surface area contributed by atoms with E-state index in [0.717, 1.165) is 19.3 Å². The van der Waals surface area contributed by atoms with E-state index in [0.29, 0.717) is 23.1 Å². The Kier molecular flexibility index (Phi) is 7.60. The molecule has 0 unspecified atom stereocenters. The Morgan fingerprint density at radius 1 is 1.00 bits per heavy atom. The van der Waals surface area contributed by atoms with Crippen molar-refractivity contribution in [3.63, 3.8) is 0 Å². The number of amides is 1. The maximum absolute atomic E-state index is 13.2. The molecule has 0 saturated heterocycles. The van der Waals surface area contributed by atoms with Crippen LogP contribution in [0.3, 0.4) is 0 Å². The van der Waals surface area contributed by atoms with Gasteiger partial charge in [-0.25, -0.2) is 0 Å². The van der Waals surface area contributed by atoms with Gasteiger partial charge in [0.05, 0.1) is 5.52 Å². The summed E-state index contributed by atoms with van der Waals surface area (Å²) in [6, 6.07) is 10.4. The zero-order chi connectivity index (χ0) is 21.3. The molecule has 0 atom stereocenters. The van der Waals surface area contributed by atoms with Gasteiger partial charge in [0.1, 0.15) is 11.3 Å². The predicted octanol–water partition coefficient (Wildman–Crippen LogP) is 5.11. The minimum Gasteiger partial charge on any atom is -0.506 e. The van der Waals surface area contributed by atoms with Gasteiger partial charge in [-0.15, -0.1) is 0 Å². The number of para-hydroxylation sites is 1. The molecule has 0 aliphatic heterocycles. The molecule has 2 aromatic heterocycles. The van der Waals surface area contributed by atoms with Crippen molar-refractivity contribution < 1.29 is 9.90 Å². The number of carbonyl (C=O) groups excluding carboxylic acids is 1. The topological polar surface area (TPSA) is 84.2 Å². The molecule has 0 bridgehead atoms. The van der Waals surface area contributed by atoms with Crippen LogP contribution in [0.25, 0.3) is 10.9 Å². The Hall–Kier alpha value is -3.15. The lowest BCUT2D eigenvalue weighted by molar-refractivity contribution is 0.102. The average molecular weight is 408 g/mol. The van der Waals surface area contributed by atoms with Gasteiger partial charge in [-0.05, 0) is 30.7 Å². The lowest BCUT2D eigenvalue weighted by Gasteiger charge is -2.15. The van der Waals surface area contributed by atoms with Gasteiger partial charge in [-0.2, -0.15) is 0 Å². The second kappa shape index (κ2) is 10.6. The number of nitrogens with zero attached hydrogens (tertiary/aromatic N) is 2. The van der Waals surface area contributed by atoms with Gasteiger partial charge < -0.3 is 15.0 Å². The molecule has 1 aromatic carbocycles. The summed E-state index contributed by atoms with van der Waals surface area (Å²) in [7, 11) is 0. The second-order valence-electron chi connectivity index (χ2n) is 7.51. The van der Waals surface area contributed by atoms with Crippen LogP contribution in [-0.2, 0) is 6.54 Å². The van der Waals surface area contributed by atoms with Crippen molar-refractivity contribution in [3.8, 4) is 5.75 Å². The highest BCUT2D eigenvalue weighted by Crippen LogP contribution is 2.27. The summed E-state index contributed by atoms with van der Waals surface area (Å²) in [5.74, 6) is -0.902. The molecule has 6 heteroatoms. The fourth-order valence-corrected chi connectivity index (χ4v) is 3.67. The first kappa shape index (κ1) is 21.6. The van der Waals surface area contributed by atoms with Gasteiger partial charge >= 0.3 is 0 Å². The first-order valence-electron chi connectivity index (χ1n) is 10.7. The van der Waals surface area contributed by atoms with Crippen molar-refractivity contribution in [2.45, 2.75) is 58.4 Å². The summed E-state index contributed by atoms with van der Waals surface area (Å²) in [5, 5.41) is 13.9. The van der Waals surface area contributed by atoms with Crippen LogP contribution in [0.2, 0.25) is 0 Å². The predicted molar refractivity (Wildman–Crippen MR) is 120 cm³/mol. The monoisotopic (exact) mass is 407 g/mol. The molecule has 0 fully saturated rings. The van der Waals surface area contributed by atoms with Crippen molar-refractivity contribution >= 4 is 22.5 Å². The minimum absolute atomic E-state index is 0.228. The van der Waals surface area contributed by atoms with E-state index in [9.17, 15) is 14.7 Å². The Morgan fingerprint density at radius 3 is 2.40 bits per heavy atom. The SMILES string of the molecule is CCCCCCCCCn1c(=O)c(C(=O)Nc2ccncc2)c(O)c2ccccc21. The van der Waals surface area contributed by atoms with E-state index < -0.39 is 11.5 Å². The van der Waals surface area contributed by atoms with Crippen LogP contribution in [0.1, 0.15) is 62.2 Å². The van der Waals surface area contributed by atoms with Crippen molar-refractivity contribution in [1.29, 1.82) is 0 Å². The van der Waals surface area contributed by atoms with Gasteiger partial charge in [-0.1, -0.05) is 57.6 Å². The van der Waals surface area contributed by atoms with Crippen molar-refractivity contribution in [1.82, 2.24) is 9.55 Å². The fraction of sp³-hybridized carbons (Fsp3) is 0.375. The molecular weight excluding hydrogens is 378 g/mol. The first-order valence-corrected chi connectivity index (χ1v) is 10.7. The molecule has 6 nitrogen and oxygen atoms in total. The van der Waals surface area contributed by atoms with Gasteiger partial charge in [0.25, 0.3) is 11.5 Å². The average Bonchev–Trinajstić information content (AvgIpc) is 2.76. The minimum atomic E-state index is -0.622. The highest BCUT2D eigenvalue weighted by atomic mass is 16.3. The van der Waals surface area contributed by atoms with E-state index in [1.165, 1.54) is 25.7 Å². The highest BCUT2D eigenvalue weighted by Gasteiger charge is 2.22. The second-order valence-corrected chi connectivity index (χ2v) is 7.51. The van der Waals surface area contributed by atoms with Crippen LogP contribution in [0.15, 0.2) is 53.6 Å². The molecule has 0 aliphatic carbocycles. The van der Waals surface area contributed by atoms with Crippen LogP contribution in [0, 0.1) is 0 Å². The Balaban J connectivity index is 1.85. The molecule has 3 rings (SSSR count). The van der Waals surface area contributed by atoms with Crippen LogP contribution in [-0.4, -0.2) is 20.6 Å². The summed E-state index contributed by atoms with van der Waals surface area (Å²) in [6.45, 7) is 2.72. The number of hydrogen-bond donors (Lipinski definition) is 2. The van der Waals surface area contributed by atoms with Crippen molar-refractivity contribution in [2.24, 2.45) is 0 Å². The Bertz CT molecular complexity index is 1040. The molecule has 0 aliphatic rings. The van der Waals surface area contributed by atoms with Gasteiger partial charge in [0.2, 0.25) is 0 Å². The van der Waals surface area contributed by atoms with E-state index in [1.54, 1.807) is 41.2 Å². The smallest absolute Gasteiger partial charge is 0.267 e. The molecule has 3 aromatic rings. The van der Waals surface area contributed by atoms with E-state index in [-0.39, 0.29) is 11.3 Å². The molecule has 1 amide bonds. The quantitative estimate of drug-likeness (QED) is 0.458. The summed E-state index contributed by atoms with van der Waals surface area (Å²) in [4.78, 5) is 29.9. The normalized spacial score (nSPS) is 11.0. The van der Waals surface area contributed by atoms with Gasteiger partial charge in [-0.3, -0.25) is 14.6 Å². The third kappa shape index (κ3) is 5.06. The number of rotatable bonds is 10. The highest BCUT2D eigenvalue weighted by molar-refractivity contribution is 6.09. The molecule has 0 radical (unpaired) electrons. The third-order valence-electron chi connectivity index (χ3n) is 5.30. The number of hydrogen-bond acceptors (Lipinski definition) is 4. The van der Waals surface area contributed by atoms with Crippen LogP contribution in [0.5, 0.6) is 5.75 Å². The number of fused-ring (bicyclic) bond motifs is 1. The van der Waals surface area contributed by atoms with E-state index in [2.05, 4.69) is 17.2 Å². The number of unbranched alkanes of at least 4 members (excludes halogenated alkanes) is 6. The zero-order valence-electron chi connectivity index (χ0n) is 17.4. The molecule has 2 heterocycles. The van der Waals surface area contributed by atoms with Crippen LogP contribution in [0.4, 0.5) is 5.69 Å². The van der Waals surface area contributed by atoms with Crippen LogP contribution >= 0.6 is 0 Å². The van der Waals surface area contributed by atoms with Crippen molar-refractivity contribution in [2.75, 3.05) is 5.32 Å². The summed E-state index contributed by atoms with van der Waals surface area (Å²) in [5.41, 5.74) is 0.462. The van der Waals surface area contributed by atoms with Gasteiger partial charge in [0.15, 0.2) is 0 Å². The van der Waals surface area contributed by atoms with Gasteiger partial charge in [0, 0.05) is 30.0 Å². The number of carbonyl (C=O) groups is 1. The standard InChI is InChI=1S/C24H29N3O3/c1-2-3-4-5-6-7-10-17-27-20-12-9-8-11-19(20)22(28)21(24(27)30)23(29)26-18-13-15-25-16-14-18/h8-9,11-16,28H,2-7,10,17H2,1H3,(H,25,26,29). The number of benzene rings is 1. The number of aromatic hydroxyl groups is 1.